The third-order valence-electron chi connectivity index (χ3n) is 3.04. The number of imidazole rings is 1. The van der Waals surface area contributed by atoms with Crippen LogP contribution in [0.3, 0.4) is 0 Å². The maximum absolute atomic E-state index is 12.7. The van der Waals surface area contributed by atoms with Crippen molar-refractivity contribution >= 4 is 44.6 Å². The van der Waals surface area contributed by atoms with Gasteiger partial charge in [0, 0.05) is 15.8 Å². The number of hydrogen-bond donors (Lipinski definition) is 2. The van der Waals surface area contributed by atoms with E-state index in [-0.39, 0.29) is 15.5 Å². The molecular weight excluding hydrogens is 332 g/mol. The maximum Gasteiger partial charge on any atom is 0.270 e. The van der Waals surface area contributed by atoms with Crippen molar-refractivity contribution in [2.24, 2.45) is 0 Å². The van der Waals surface area contributed by atoms with Crippen molar-refractivity contribution in [3.8, 4) is 5.88 Å². The van der Waals surface area contributed by atoms with E-state index in [0.717, 1.165) is 10.2 Å². The lowest BCUT2D eigenvalue weighted by Crippen LogP contribution is -2.12. The average Bonchev–Trinajstić information content (AvgIpc) is 2.78. The number of hydrogen-bond acceptors (Lipinski definition) is 4. The summed E-state index contributed by atoms with van der Waals surface area (Å²) in [6.07, 6.45) is 1.03. The van der Waals surface area contributed by atoms with Crippen LogP contribution < -0.4 is 0 Å². The minimum Gasteiger partial charge on any atom is -0.493 e. The largest absolute Gasteiger partial charge is 0.493 e. The van der Waals surface area contributed by atoms with Gasteiger partial charge in [-0.1, -0.05) is 35.9 Å². The second-order valence-electron chi connectivity index (χ2n) is 4.34. The summed E-state index contributed by atoms with van der Waals surface area (Å²) in [5.41, 5.74) is 0. The first-order valence-corrected chi connectivity index (χ1v) is 8.07. The van der Waals surface area contributed by atoms with Crippen LogP contribution in [-0.4, -0.2) is 22.5 Å². The van der Waals surface area contributed by atoms with Gasteiger partial charge in [0.25, 0.3) is 10.0 Å². The molecule has 8 heteroatoms. The minimum atomic E-state index is -3.93. The summed E-state index contributed by atoms with van der Waals surface area (Å²) >= 11 is 11.0. The Bertz CT molecular complexity index is 1010. The standard InChI is InChI=1S/C13H9ClN2O3S2/c14-10-5-1-4-9-8(10)3-2-6-11(9)21(18,19)16-7-12(17)15-13(16)20/h1-7,17H,(H,15,20). The van der Waals surface area contributed by atoms with E-state index < -0.39 is 10.0 Å². The molecule has 1 aromatic heterocycles. The summed E-state index contributed by atoms with van der Waals surface area (Å²) in [6, 6.07) is 9.86. The first kappa shape index (κ1) is 14.1. The molecule has 0 amide bonds. The van der Waals surface area contributed by atoms with Crippen LogP contribution in [0.25, 0.3) is 10.8 Å². The molecule has 0 atom stereocenters. The summed E-state index contributed by atoms with van der Waals surface area (Å²) in [5.74, 6) is -0.318. The highest BCUT2D eigenvalue weighted by Crippen LogP contribution is 2.30. The molecule has 1 heterocycles. The maximum atomic E-state index is 12.7. The molecule has 108 valence electrons. The monoisotopic (exact) mass is 340 g/mol. The molecule has 3 rings (SSSR count). The van der Waals surface area contributed by atoms with Crippen molar-refractivity contribution in [2.75, 3.05) is 0 Å². The van der Waals surface area contributed by atoms with Gasteiger partial charge in [0.1, 0.15) is 0 Å². The van der Waals surface area contributed by atoms with Crippen molar-refractivity contribution in [3.63, 3.8) is 0 Å². The van der Waals surface area contributed by atoms with E-state index in [1.807, 2.05) is 0 Å². The highest BCUT2D eigenvalue weighted by molar-refractivity contribution is 7.90. The Morgan fingerprint density at radius 1 is 1.14 bits per heavy atom. The highest BCUT2D eigenvalue weighted by Gasteiger charge is 2.21. The summed E-state index contributed by atoms with van der Waals surface area (Å²) in [7, 11) is -3.93. The van der Waals surface area contributed by atoms with E-state index in [4.69, 9.17) is 23.8 Å². The van der Waals surface area contributed by atoms with E-state index in [2.05, 4.69) is 4.98 Å². The zero-order chi connectivity index (χ0) is 15.2. The second kappa shape index (κ2) is 4.87. The van der Waals surface area contributed by atoms with Gasteiger partial charge in [-0.2, -0.15) is 0 Å². The number of aromatic nitrogens is 2. The number of halogens is 1. The molecule has 3 aromatic rings. The second-order valence-corrected chi connectivity index (χ2v) is 6.91. The molecule has 5 nitrogen and oxygen atoms in total. The van der Waals surface area contributed by atoms with Gasteiger partial charge in [-0.25, -0.2) is 12.4 Å². The van der Waals surface area contributed by atoms with Crippen LogP contribution in [0.4, 0.5) is 0 Å². The highest BCUT2D eigenvalue weighted by atomic mass is 35.5. The van der Waals surface area contributed by atoms with Crippen LogP contribution in [-0.2, 0) is 10.0 Å². The molecule has 0 fully saturated rings. The fourth-order valence-corrected chi connectivity index (χ4v) is 4.23. The number of nitrogens with one attached hydrogen (secondary N) is 1. The van der Waals surface area contributed by atoms with E-state index in [1.54, 1.807) is 30.3 Å². The number of benzene rings is 2. The van der Waals surface area contributed by atoms with Crippen LogP contribution in [0.1, 0.15) is 0 Å². The lowest BCUT2D eigenvalue weighted by molar-refractivity contribution is 0.456. The third kappa shape index (κ3) is 2.23. The quantitative estimate of drug-likeness (QED) is 0.702. The first-order chi connectivity index (χ1) is 9.91. The van der Waals surface area contributed by atoms with Crippen molar-refractivity contribution in [2.45, 2.75) is 4.90 Å². The number of nitrogens with zero attached hydrogens (tertiary/aromatic N) is 1. The van der Waals surface area contributed by atoms with Gasteiger partial charge < -0.3 is 10.1 Å². The predicted octanol–water partition coefficient (Wildman–Crippen LogP) is 3.29. The van der Waals surface area contributed by atoms with Crippen molar-refractivity contribution in [1.82, 2.24) is 8.96 Å². The van der Waals surface area contributed by atoms with Gasteiger partial charge in [-0.15, -0.1) is 0 Å². The van der Waals surface area contributed by atoms with Gasteiger partial charge in [-0.3, -0.25) is 0 Å². The molecule has 0 saturated carbocycles. The topological polar surface area (TPSA) is 75.1 Å². The zero-order valence-corrected chi connectivity index (χ0v) is 12.8. The van der Waals surface area contributed by atoms with Gasteiger partial charge in [0.05, 0.1) is 11.1 Å². The lowest BCUT2D eigenvalue weighted by atomic mass is 10.1. The first-order valence-electron chi connectivity index (χ1n) is 5.85. The van der Waals surface area contributed by atoms with E-state index in [1.165, 1.54) is 6.07 Å². The van der Waals surface area contributed by atoms with Crippen molar-refractivity contribution < 1.29 is 13.5 Å². The van der Waals surface area contributed by atoms with E-state index >= 15 is 0 Å². The van der Waals surface area contributed by atoms with Gasteiger partial charge in [0.2, 0.25) is 5.88 Å². The van der Waals surface area contributed by atoms with Gasteiger partial charge >= 0.3 is 0 Å². The number of H-pyrrole nitrogens is 1. The number of aromatic amines is 1. The Morgan fingerprint density at radius 2 is 1.81 bits per heavy atom. The van der Waals surface area contributed by atoms with Crippen LogP contribution >= 0.6 is 23.8 Å². The molecule has 0 aliphatic rings. The Hall–Kier alpha value is -1.83. The summed E-state index contributed by atoms with van der Waals surface area (Å²) in [5, 5.41) is 11.0. The molecule has 0 aliphatic heterocycles. The Kier molecular flexibility index (Phi) is 3.27. The Labute approximate surface area is 130 Å². The molecule has 21 heavy (non-hydrogen) atoms. The smallest absolute Gasteiger partial charge is 0.270 e. The molecule has 0 aliphatic carbocycles. The predicted molar refractivity (Wildman–Crippen MR) is 82.8 cm³/mol. The molecule has 0 spiro atoms. The number of rotatable bonds is 2. The Balaban J connectivity index is 2.37. The minimum absolute atomic E-state index is 0.0672. The van der Waals surface area contributed by atoms with Crippen molar-refractivity contribution in [3.05, 3.63) is 52.4 Å². The third-order valence-corrected chi connectivity index (χ3v) is 5.50. The van der Waals surface area contributed by atoms with E-state index in [9.17, 15) is 13.5 Å². The molecule has 2 N–H and O–H groups in total. The molecule has 0 unspecified atom stereocenters. The lowest BCUT2D eigenvalue weighted by Gasteiger charge is -2.09. The molecule has 0 radical (unpaired) electrons. The average molecular weight is 341 g/mol. The summed E-state index contributed by atoms with van der Waals surface area (Å²) < 4.78 is 26.2. The van der Waals surface area contributed by atoms with Crippen LogP contribution in [0, 0.1) is 4.77 Å². The molecule has 0 saturated heterocycles. The van der Waals surface area contributed by atoms with E-state index in [0.29, 0.717) is 15.8 Å². The zero-order valence-electron chi connectivity index (χ0n) is 10.4. The van der Waals surface area contributed by atoms with Crippen molar-refractivity contribution in [1.29, 1.82) is 0 Å². The molecular formula is C13H9ClN2O3S2. The summed E-state index contributed by atoms with van der Waals surface area (Å²) in [6.45, 7) is 0. The van der Waals surface area contributed by atoms with Gasteiger partial charge in [-0.05, 0) is 24.4 Å². The van der Waals surface area contributed by atoms with Crippen LogP contribution in [0.5, 0.6) is 5.88 Å². The molecule has 0 bridgehead atoms. The summed E-state index contributed by atoms with van der Waals surface area (Å²) in [4.78, 5) is 2.44. The van der Waals surface area contributed by atoms with Gasteiger partial charge in [0.15, 0.2) is 4.77 Å². The number of aromatic hydroxyl groups is 1. The van der Waals surface area contributed by atoms with Crippen LogP contribution in [0.15, 0.2) is 47.5 Å². The van der Waals surface area contributed by atoms with Crippen LogP contribution in [0.2, 0.25) is 5.02 Å². The Morgan fingerprint density at radius 3 is 2.48 bits per heavy atom. The number of fused-ring (bicyclic) bond motifs is 1. The fourth-order valence-electron chi connectivity index (χ4n) is 2.12. The fraction of sp³-hybridized carbons (Fsp3) is 0. The SMILES string of the molecule is O=S(=O)(c1cccc2c(Cl)cccc12)n1cc(O)[nH]c1=S. The normalized spacial score (nSPS) is 11.9. The molecule has 2 aromatic carbocycles.